The first-order valence-corrected chi connectivity index (χ1v) is 6.31. The van der Waals surface area contributed by atoms with Crippen LogP contribution in [0.1, 0.15) is 30.7 Å². The van der Waals surface area contributed by atoms with Crippen molar-refractivity contribution in [3.05, 3.63) is 35.6 Å². The van der Waals surface area contributed by atoms with E-state index in [1.165, 1.54) is 31.4 Å². The molecule has 16 heavy (non-hydrogen) atoms. The van der Waals surface area contributed by atoms with Gasteiger partial charge in [-0.15, -0.1) is 0 Å². The zero-order valence-corrected chi connectivity index (χ0v) is 9.45. The summed E-state index contributed by atoms with van der Waals surface area (Å²) in [7, 11) is 0. The van der Waals surface area contributed by atoms with Crippen LogP contribution < -0.4 is 5.32 Å². The first-order chi connectivity index (χ1) is 7.84. The molecule has 2 fully saturated rings. The van der Waals surface area contributed by atoms with Gasteiger partial charge in [-0.3, -0.25) is 0 Å². The number of hydrogen-bond donors (Lipinski definition) is 1. The summed E-state index contributed by atoms with van der Waals surface area (Å²) in [5.41, 5.74) is 1.33. The molecular formula is C14H18FN. The maximum absolute atomic E-state index is 12.9. The second-order valence-electron chi connectivity index (χ2n) is 5.17. The lowest BCUT2D eigenvalue weighted by Gasteiger charge is -2.33. The Kier molecular flexibility index (Phi) is 2.68. The number of hydrogen-bond acceptors (Lipinski definition) is 1. The fourth-order valence-corrected chi connectivity index (χ4v) is 3.48. The van der Waals surface area contributed by atoms with Crippen LogP contribution >= 0.6 is 0 Å². The summed E-state index contributed by atoms with van der Waals surface area (Å²) < 4.78 is 12.9. The summed E-state index contributed by atoms with van der Waals surface area (Å²) in [6, 6.07) is 7.14. The molecule has 0 spiro atoms. The Balaban J connectivity index is 1.85. The molecule has 1 aromatic carbocycles. The van der Waals surface area contributed by atoms with Crippen molar-refractivity contribution in [1.82, 2.24) is 5.32 Å². The van der Waals surface area contributed by atoms with Crippen LogP contribution in [0.15, 0.2) is 24.3 Å². The Morgan fingerprint density at radius 2 is 1.88 bits per heavy atom. The molecular weight excluding hydrogens is 201 g/mol. The summed E-state index contributed by atoms with van der Waals surface area (Å²) in [6.07, 6.45) is 3.97. The van der Waals surface area contributed by atoms with Gasteiger partial charge in [-0.05, 0) is 61.4 Å². The highest BCUT2D eigenvalue weighted by Gasteiger charge is 2.36. The molecule has 2 aliphatic rings. The van der Waals surface area contributed by atoms with Gasteiger partial charge in [0.1, 0.15) is 5.82 Å². The number of nitrogens with one attached hydrogen (secondary N) is 1. The molecule has 1 heterocycles. The summed E-state index contributed by atoms with van der Waals surface area (Å²) in [5.74, 6) is 2.15. The van der Waals surface area contributed by atoms with Gasteiger partial charge in [0.05, 0.1) is 0 Å². The van der Waals surface area contributed by atoms with Crippen LogP contribution in [-0.4, -0.2) is 13.1 Å². The van der Waals surface area contributed by atoms with Crippen molar-refractivity contribution in [2.24, 2.45) is 11.8 Å². The van der Waals surface area contributed by atoms with Gasteiger partial charge < -0.3 is 5.32 Å². The Morgan fingerprint density at radius 1 is 1.06 bits per heavy atom. The molecule has 86 valence electrons. The average molecular weight is 219 g/mol. The SMILES string of the molecule is Fc1ccc(C2CCCC3CNC[C@H]32)cc1. The van der Waals surface area contributed by atoms with E-state index in [2.05, 4.69) is 5.32 Å². The molecule has 1 N–H and O–H groups in total. The molecule has 1 nitrogen and oxygen atoms in total. The molecule has 1 saturated carbocycles. The number of fused-ring (bicyclic) bond motifs is 1. The second kappa shape index (κ2) is 4.17. The fraction of sp³-hybridized carbons (Fsp3) is 0.571. The first kappa shape index (κ1) is 10.3. The molecule has 3 atom stereocenters. The smallest absolute Gasteiger partial charge is 0.123 e. The summed E-state index contributed by atoms with van der Waals surface area (Å²) >= 11 is 0. The molecule has 0 amide bonds. The summed E-state index contributed by atoms with van der Waals surface area (Å²) in [5, 5.41) is 3.50. The Bertz CT molecular complexity index is 360. The molecule has 0 radical (unpaired) electrons. The molecule has 2 unspecified atom stereocenters. The van der Waals surface area contributed by atoms with Gasteiger partial charge in [0.2, 0.25) is 0 Å². The first-order valence-electron chi connectivity index (χ1n) is 6.31. The Morgan fingerprint density at radius 3 is 2.69 bits per heavy atom. The van der Waals surface area contributed by atoms with Gasteiger partial charge in [-0.2, -0.15) is 0 Å². The Labute approximate surface area is 96.1 Å². The van der Waals surface area contributed by atoms with Crippen LogP contribution in [-0.2, 0) is 0 Å². The minimum atomic E-state index is -0.124. The third-order valence-corrected chi connectivity index (χ3v) is 4.30. The van der Waals surface area contributed by atoms with E-state index in [-0.39, 0.29) is 5.82 Å². The highest BCUT2D eigenvalue weighted by molar-refractivity contribution is 5.22. The predicted molar refractivity (Wildman–Crippen MR) is 62.8 cm³/mol. The minimum Gasteiger partial charge on any atom is -0.316 e. The van der Waals surface area contributed by atoms with Crippen LogP contribution in [0.5, 0.6) is 0 Å². The van der Waals surface area contributed by atoms with E-state index in [4.69, 9.17) is 0 Å². The van der Waals surface area contributed by atoms with Gasteiger partial charge in [-0.25, -0.2) is 4.39 Å². The van der Waals surface area contributed by atoms with Crippen molar-refractivity contribution in [2.45, 2.75) is 25.2 Å². The normalized spacial score (nSPS) is 33.7. The third kappa shape index (κ3) is 1.75. The largest absolute Gasteiger partial charge is 0.316 e. The standard InChI is InChI=1S/C14H18FN/c15-12-6-4-10(5-7-12)13-3-1-2-11-8-16-9-14(11)13/h4-7,11,13-14,16H,1-3,8-9H2/t11?,13?,14-/m1/s1. The fourth-order valence-electron chi connectivity index (χ4n) is 3.48. The van der Waals surface area contributed by atoms with Crippen molar-refractivity contribution < 1.29 is 4.39 Å². The van der Waals surface area contributed by atoms with Gasteiger partial charge in [0, 0.05) is 0 Å². The molecule has 2 heteroatoms. The van der Waals surface area contributed by atoms with E-state index in [1.807, 2.05) is 12.1 Å². The van der Waals surface area contributed by atoms with E-state index >= 15 is 0 Å². The number of rotatable bonds is 1. The van der Waals surface area contributed by atoms with E-state index in [0.29, 0.717) is 5.92 Å². The van der Waals surface area contributed by atoms with Crippen molar-refractivity contribution in [3.63, 3.8) is 0 Å². The van der Waals surface area contributed by atoms with Crippen LogP contribution in [0, 0.1) is 17.7 Å². The lowest BCUT2D eigenvalue weighted by molar-refractivity contribution is 0.258. The summed E-state index contributed by atoms with van der Waals surface area (Å²) in [6.45, 7) is 2.33. The molecule has 0 bridgehead atoms. The van der Waals surface area contributed by atoms with Crippen LogP contribution in [0.3, 0.4) is 0 Å². The van der Waals surface area contributed by atoms with E-state index in [9.17, 15) is 4.39 Å². The number of halogens is 1. The molecule has 0 aromatic heterocycles. The van der Waals surface area contributed by atoms with Crippen LogP contribution in [0.2, 0.25) is 0 Å². The maximum Gasteiger partial charge on any atom is 0.123 e. The van der Waals surface area contributed by atoms with Gasteiger partial charge in [0.15, 0.2) is 0 Å². The second-order valence-corrected chi connectivity index (χ2v) is 5.17. The Hall–Kier alpha value is -0.890. The van der Waals surface area contributed by atoms with Crippen LogP contribution in [0.4, 0.5) is 4.39 Å². The predicted octanol–water partition coefficient (Wildman–Crippen LogP) is 2.93. The maximum atomic E-state index is 12.9. The van der Waals surface area contributed by atoms with Crippen molar-refractivity contribution in [2.75, 3.05) is 13.1 Å². The van der Waals surface area contributed by atoms with Gasteiger partial charge in [-0.1, -0.05) is 18.6 Å². The van der Waals surface area contributed by atoms with Crippen LogP contribution in [0.25, 0.3) is 0 Å². The monoisotopic (exact) mass is 219 g/mol. The molecule has 1 aromatic rings. The van der Waals surface area contributed by atoms with Crippen molar-refractivity contribution in [3.8, 4) is 0 Å². The van der Waals surface area contributed by atoms with Gasteiger partial charge >= 0.3 is 0 Å². The molecule has 1 aliphatic heterocycles. The minimum absolute atomic E-state index is 0.124. The van der Waals surface area contributed by atoms with Crippen molar-refractivity contribution >= 4 is 0 Å². The van der Waals surface area contributed by atoms with E-state index < -0.39 is 0 Å². The van der Waals surface area contributed by atoms with E-state index in [1.54, 1.807) is 12.1 Å². The lowest BCUT2D eigenvalue weighted by atomic mass is 9.71. The molecule has 1 saturated heterocycles. The number of benzene rings is 1. The summed E-state index contributed by atoms with van der Waals surface area (Å²) in [4.78, 5) is 0. The zero-order chi connectivity index (χ0) is 11.0. The quantitative estimate of drug-likeness (QED) is 0.765. The third-order valence-electron chi connectivity index (χ3n) is 4.30. The topological polar surface area (TPSA) is 12.0 Å². The lowest BCUT2D eigenvalue weighted by Crippen LogP contribution is -2.25. The molecule has 1 aliphatic carbocycles. The van der Waals surface area contributed by atoms with E-state index in [0.717, 1.165) is 18.4 Å². The zero-order valence-electron chi connectivity index (χ0n) is 9.45. The van der Waals surface area contributed by atoms with Crippen molar-refractivity contribution in [1.29, 1.82) is 0 Å². The highest BCUT2D eigenvalue weighted by Crippen LogP contribution is 2.42. The average Bonchev–Trinajstić information content (AvgIpc) is 2.78. The highest BCUT2D eigenvalue weighted by atomic mass is 19.1. The van der Waals surface area contributed by atoms with Gasteiger partial charge in [0.25, 0.3) is 0 Å². The molecule has 3 rings (SSSR count).